The van der Waals surface area contributed by atoms with E-state index in [1.165, 1.54) is 5.56 Å². The molecule has 3 aromatic carbocycles. The van der Waals surface area contributed by atoms with Crippen LogP contribution in [0.25, 0.3) is 0 Å². The largest absolute Gasteiger partial charge is 0.322 e. The van der Waals surface area contributed by atoms with Crippen LogP contribution in [0.1, 0.15) is 52.6 Å². The Kier molecular flexibility index (Phi) is 5.83. The van der Waals surface area contributed by atoms with Crippen molar-refractivity contribution in [1.29, 1.82) is 0 Å². The second-order valence-corrected chi connectivity index (χ2v) is 8.13. The Labute approximate surface area is 172 Å². The molecule has 0 aromatic heterocycles. The van der Waals surface area contributed by atoms with Gasteiger partial charge in [-0.3, -0.25) is 9.59 Å². The molecule has 0 spiro atoms. The summed E-state index contributed by atoms with van der Waals surface area (Å²) >= 11 is 0. The lowest BCUT2D eigenvalue weighted by Crippen LogP contribution is -2.15. The zero-order chi connectivity index (χ0) is 21.0. The van der Waals surface area contributed by atoms with Crippen molar-refractivity contribution in [3.63, 3.8) is 0 Å². The summed E-state index contributed by atoms with van der Waals surface area (Å²) in [5.41, 5.74) is 4.71. The smallest absolute Gasteiger partial charge is 0.255 e. The highest BCUT2D eigenvalue weighted by Crippen LogP contribution is 2.23. The van der Waals surface area contributed by atoms with Gasteiger partial charge in [0, 0.05) is 22.5 Å². The summed E-state index contributed by atoms with van der Waals surface area (Å²) in [6.07, 6.45) is 0. The highest BCUT2D eigenvalue weighted by Gasteiger charge is 2.15. The van der Waals surface area contributed by atoms with Gasteiger partial charge in [0.25, 0.3) is 11.8 Å². The van der Waals surface area contributed by atoms with Crippen LogP contribution in [0.4, 0.5) is 11.4 Å². The van der Waals surface area contributed by atoms with Crippen LogP contribution in [0.15, 0.2) is 72.8 Å². The molecule has 4 heteroatoms. The van der Waals surface area contributed by atoms with Crippen LogP contribution >= 0.6 is 0 Å². The molecule has 0 aliphatic rings. The fraction of sp³-hybridized carbons (Fsp3) is 0.200. The van der Waals surface area contributed by atoms with Gasteiger partial charge in [-0.25, -0.2) is 0 Å². The van der Waals surface area contributed by atoms with Crippen molar-refractivity contribution in [1.82, 2.24) is 0 Å². The number of rotatable bonds is 4. The van der Waals surface area contributed by atoms with Crippen molar-refractivity contribution in [3.8, 4) is 0 Å². The quantitative estimate of drug-likeness (QED) is 0.595. The predicted molar refractivity (Wildman–Crippen MR) is 119 cm³/mol. The van der Waals surface area contributed by atoms with Gasteiger partial charge >= 0.3 is 0 Å². The van der Waals surface area contributed by atoms with Gasteiger partial charge in [0.05, 0.1) is 0 Å². The molecule has 0 radical (unpaired) electrons. The lowest BCUT2D eigenvalue weighted by Gasteiger charge is -2.19. The van der Waals surface area contributed by atoms with Crippen LogP contribution in [-0.2, 0) is 5.41 Å². The molecule has 0 heterocycles. The molecule has 3 aromatic rings. The highest BCUT2D eigenvalue weighted by atomic mass is 16.2. The molecule has 29 heavy (non-hydrogen) atoms. The fourth-order valence-corrected chi connectivity index (χ4v) is 2.99. The van der Waals surface area contributed by atoms with Crippen molar-refractivity contribution >= 4 is 23.2 Å². The van der Waals surface area contributed by atoms with E-state index in [0.29, 0.717) is 22.5 Å². The molecule has 0 saturated heterocycles. The SMILES string of the molecule is Cc1cc(NC(=O)c2ccc(C(C)(C)C)cc2)ccc1NC(=O)c1ccccc1. The Bertz CT molecular complexity index is 1020. The predicted octanol–water partition coefficient (Wildman–Crippen LogP) is 5.80. The number of nitrogens with one attached hydrogen (secondary N) is 2. The summed E-state index contributed by atoms with van der Waals surface area (Å²) in [5, 5.41) is 5.83. The topological polar surface area (TPSA) is 58.2 Å². The van der Waals surface area contributed by atoms with E-state index >= 15 is 0 Å². The molecule has 148 valence electrons. The van der Waals surface area contributed by atoms with Gasteiger partial charge in [0.1, 0.15) is 0 Å². The van der Waals surface area contributed by atoms with Gasteiger partial charge in [0.2, 0.25) is 0 Å². The number of benzene rings is 3. The van der Waals surface area contributed by atoms with Crippen LogP contribution in [0.2, 0.25) is 0 Å². The number of anilines is 2. The van der Waals surface area contributed by atoms with Crippen molar-refractivity contribution in [2.24, 2.45) is 0 Å². The summed E-state index contributed by atoms with van der Waals surface area (Å²) in [7, 11) is 0. The molecule has 0 atom stereocenters. The minimum Gasteiger partial charge on any atom is -0.322 e. The highest BCUT2D eigenvalue weighted by molar-refractivity contribution is 6.06. The first kappa shape index (κ1) is 20.3. The third-order valence-corrected chi connectivity index (χ3v) is 4.78. The summed E-state index contributed by atoms with van der Waals surface area (Å²) < 4.78 is 0. The lowest BCUT2D eigenvalue weighted by atomic mass is 9.87. The average Bonchev–Trinajstić information content (AvgIpc) is 2.70. The second-order valence-electron chi connectivity index (χ2n) is 8.13. The maximum absolute atomic E-state index is 12.6. The maximum atomic E-state index is 12.6. The molecule has 4 nitrogen and oxygen atoms in total. The minimum absolute atomic E-state index is 0.0478. The summed E-state index contributed by atoms with van der Waals surface area (Å²) in [6.45, 7) is 8.32. The van der Waals surface area contributed by atoms with E-state index in [4.69, 9.17) is 0 Å². The lowest BCUT2D eigenvalue weighted by molar-refractivity contribution is 0.101. The first-order chi connectivity index (χ1) is 13.7. The van der Waals surface area contributed by atoms with Crippen LogP contribution in [0.3, 0.4) is 0 Å². The standard InChI is InChI=1S/C25H26N2O2/c1-17-16-21(14-15-22(17)27-24(29)18-8-6-5-7-9-18)26-23(28)19-10-12-20(13-11-19)25(2,3)4/h5-16H,1-4H3,(H,26,28)(H,27,29). The van der Waals surface area contributed by atoms with E-state index in [-0.39, 0.29) is 17.2 Å². The number of amides is 2. The first-order valence-corrected chi connectivity index (χ1v) is 9.63. The number of hydrogen-bond acceptors (Lipinski definition) is 2. The van der Waals surface area contributed by atoms with E-state index in [1.807, 2.05) is 55.5 Å². The summed E-state index contributed by atoms with van der Waals surface area (Å²) in [4.78, 5) is 24.9. The van der Waals surface area contributed by atoms with Crippen molar-refractivity contribution in [2.75, 3.05) is 10.6 Å². The molecular weight excluding hydrogens is 360 g/mol. The molecule has 3 rings (SSSR count). The second kappa shape index (κ2) is 8.31. The average molecular weight is 386 g/mol. The van der Waals surface area contributed by atoms with Gasteiger partial charge < -0.3 is 10.6 Å². The van der Waals surface area contributed by atoms with Gasteiger partial charge in [-0.1, -0.05) is 51.1 Å². The minimum atomic E-state index is -0.163. The van der Waals surface area contributed by atoms with E-state index < -0.39 is 0 Å². The Morgan fingerprint density at radius 3 is 1.90 bits per heavy atom. The monoisotopic (exact) mass is 386 g/mol. The number of carbonyl (C=O) groups excluding carboxylic acids is 2. The van der Waals surface area contributed by atoms with Gasteiger partial charge in [-0.15, -0.1) is 0 Å². The summed E-state index contributed by atoms with van der Waals surface area (Å²) in [5.74, 6) is -0.324. The number of aryl methyl sites for hydroxylation is 1. The number of hydrogen-bond donors (Lipinski definition) is 2. The third kappa shape index (κ3) is 5.11. The Balaban J connectivity index is 1.68. The molecule has 2 N–H and O–H groups in total. The molecule has 0 saturated carbocycles. The van der Waals surface area contributed by atoms with Gasteiger partial charge in [-0.2, -0.15) is 0 Å². The molecule has 0 aliphatic carbocycles. The van der Waals surface area contributed by atoms with Crippen molar-refractivity contribution in [3.05, 3.63) is 95.1 Å². The van der Waals surface area contributed by atoms with Crippen LogP contribution in [0, 0.1) is 6.92 Å². The van der Waals surface area contributed by atoms with Gasteiger partial charge in [0.15, 0.2) is 0 Å². The molecule has 0 aliphatic heterocycles. The molecule has 2 amide bonds. The first-order valence-electron chi connectivity index (χ1n) is 9.63. The van der Waals surface area contributed by atoms with Crippen LogP contribution in [0.5, 0.6) is 0 Å². The van der Waals surface area contributed by atoms with E-state index in [1.54, 1.807) is 24.3 Å². The van der Waals surface area contributed by atoms with E-state index in [9.17, 15) is 9.59 Å². The van der Waals surface area contributed by atoms with Crippen LogP contribution in [-0.4, -0.2) is 11.8 Å². The van der Waals surface area contributed by atoms with E-state index in [2.05, 4.69) is 31.4 Å². The van der Waals surface area contributed by atoms with E-state index in [0.717, 1.165) is 5.56 Å². The van der Waals surface area contributed by atoms with Crippen molar-refractivity contribution < 1.29 is 9.59 Å². The normalized spacial score (nSPS) is 11.0. The fourth-order valence-electron chi connectivity index (χ4n) is 2.99. The number of carbonyl (C=O) groups is 2. The Morgan fingerprint density at radius 1 is 0.724 bits per heavy atom. The third-order valence-electron chi connectivity index (χ3n) is 4.78. The Hall–Kier alpha value is -3.40. The molecular formula is C25H26N2O2. The zero-order valence-corrected chi connectivity index (χ0v) is 17.2. The van der Waals surface area contributed by atoms with Crippen molar-refractivity contribution in [2.45, 2.75) is 33.1 Å². The Morgan fingerprint density at radius 2 is 1.31 bits per heavy atom. The van der Waals surface area contributed by atoms with Gasteiger partial charge in [-0.05, 0) is 65.9 Å². The van der Waals surface area contributed by atoms with Crippen LogP contribution < -0.4 is 10.6 Å². The summed E-state index contributed by atoms with van der Waals surface area (Å²) in [6, 6.07) is 22.2. The molecule has 0 fully saturated rings. The molecule has 0 bridgehead atoms. The maximum Gasteiger partial charge on any atom is 0.255 e. The zero-order valence-electron chi connectivity index (χ0n) is 17.2. The molecule has 0 unspecified atom stereocenters.